The molecule has 0 fully saturated rings. The fourth-order valence-corrected chi connectivity index (χ4v) is 2.37. The number of ether oxygens (including phenoxy) is 1. The van der Waals surface area contributed by atoms with E-state index in [1.54, 1.807) is 7.11 Å². The second kappa shape index (κ2) is 9.49. The van der Waals surface area contributed by atoms with Gasteiger partial charge in [0.1, 0.15) is 5.60 Å². The predicted octanol–water partition coefficient (Wildman–Crippen LogP) is 4.90. The van der Waals surface area contributed by atoms with E-state index in [0.29, 0.717) is 0 Å². The fourth-order valence-electron chi connectivity index (χ4n) is 2.37. The highest BCUT2D eigenvalue weighted by atomic mass is 35.5. The molecule has 0 saturated carbocycles. The summed E-state index contributed by atoms with van der Waals surface area (Å²) >= 11 is 0. The fraction of sp³-hybridized carbons (Fsp3) is 0.333. The molecule has 2 rings (SSSR count). The summed E-state index contributed by atoms with van der Waals surface area (Å²) in [4.78, 5) is 0. The van der Waals surface area contributed by atoms with Crippen molar-refractivity contribution in [2.45, 2.75) is 32.4 Å². The average molecular weight is 344 g/mol. The van der Waals surface area contributed by atoms with Crippen LogP contribution in [-0.4, -0.2) is 19.3 Å². The Morgan fingerprint density at radius 1 is 1.17 bits per heavy atom. The maximum Gasteiger partial charge on any atom is 0.123 e. The van der Waals surface area contributed by atoms with E-state index in [1.807, 2.05) is 26.0 Å². The molecule has 1 N–H and O–H groups in total. The van der Waals surface area contributed by atoms with Crippen LogP contribution in [0.3, 0.4) is 0 Å². The minimum atomic E-state index is -0.395. The summed E-state index contributed by atoms with van der Waals surface area (Å²) in [6, 6.07) is 15.2. The molecule has 3 heteroatoms. The predicted molar refractivity (Wildman–Crippen MR) is 106 cm³/mol. The number of rotatable bonds is 5. The number of nitrogens with one attached hydrogen (secondary N) is 1. The lowest BCUT2D eigenvalue weighted by atomic mass is 10.00. The van der Waals surface area contributed by atoms with E-state index < -0.39 is 5.60 Å². The molecule has 0 amide bonds. The highest BCUT2D eigenvalue weighted by Crippen LogP contribution is 2.23. The molecule has 0 aromatic heterocycles. The monoisotopic (exact) mass is 343 g/mol. The van der Waals surface area contributed by atoms with Crippen molar-refractivity contribution in [1.82, 2.24) is 5.32 Å². The Kier molecular flexibility index (Phi) is 8.01. The van der Waals surface area contributed by atoms with Crippen LogP contribution in [0.4, 0.5) is 0 Å². The van der Waals surface area contributed by atoms with E-state index in [2.05, 4.69) is 66.5 Å². The molecule has 128 valence electrons. The van der Waals surface area contributed by atoms with Gasteiger partial charge in [0.05, 0.1) is 0 Å². The molecule has 24 heavy (non-hydrogen) atoms. The number of benzene rings is 2. The van der Waals surface area contributed by atoms with Crippen LogP contribution in [0.5, 0.6) is 0 Å². The Morgan fingerprint density at radius 3 is 2.62 bits per heavy atom. The third-order valence-corrected chi connectivity index (χ3v) is 3.92. The van der Waals surface area contributed by atoms with Gasteiger partial charge in [-0.3, -0.25) is 0 Å². The molecular weight excluding hydrogens is 318 g/mol. The topological polar surface area (TPSA) is 21.3 Å². The molecule has 0 unspecified atom stereocenters. The van der Waals surface area contributed by atoms with Gasteiger partial charge in [-0.05, 0) is 43.2 Å². The second-order valence-corrected chi connectivity index (χ2v) is 6.08. The zero-order valence-corrected chi connectivity index (χ0v) is 15.6. The number of halogens is 1. The third-order valence-electron chi connectivity index (χ3n) is 3.92. The summed E-state index contributed by atoms with van der Waals surface area (Å²) in [5.74, 6) is 6.09. The van der Waals surface area contributed by atoms with E-state index in [1.165, 1.54) is 16.3 Å². The number of hydrogen-bond donors (Lipinski definition) is 1. The van der Waals surface area contributed by atoms with Crippen LogP contribution >= 0.6 is 12.4 Å². The summed E-state index contributed by atoms with van der Waals surface area (Å²) in [6.45, 7) is 6.88. The van der Waals surface area contributed by atoms with Crippen LogP contribution in [0.1, 0.15) is 32.4 Å². The molecule has 0 aliphatic rings. The van der Waals surface area contributed by atoms with E-state index in [9.17, 15) is 0 Å². The van der Waals surface area contributed by atoms with Gasteiger partial charge in [0.2, 0.25) is 0 Å². The highest BCUT2D eigenvalue weighted by Gasteiger charge is 2.10. The van der Waals surface area contributed by atoms with Crippen molar-refractivity contribution in [2.75, 3.05) is 13.7 Å². The van der Waals surface area contributed by atoms with Crippen LogP contribution in [0.2, 0.25) is 0 Å². The first-order chi connectivity index (χ1) is 11.0. The molecule has 0 saturated heterocycles. The molecule has 0 aliphatic carbocycles. The molecule has 2 aromatic carbocycles. The largest absolute Gasteiger partial charge is 0.366 e. The van der Waals surface area contributed by atoms with Gasteiger partial charge in [-0.15, -0.1) is 12.4 Å². The molecule has 0 heterocycles. The SMILES string of the molecule is COC(C)(C)C#CC=CCN[C@H](C)c1cccc2ccccc12.Cl. The van der Waals surface area contributed by atoms with Crippen molar-refractivity contribution in [2.24, 2.45) is 0 Å². The molecule has 1 atom stereocenters. The van der Waals surface area contributed by atoms with E-state index in [0.717, 1.165) is 6.54 Å². The van der Waals surface area contributed by atoms with Gasteiger partial charge in [-0.2, -0.15) is 0 Å². The van der Waals surface area contributed by atoms with Gasteiger partial charge in [0.25, 0.3) is 0 Å². The van der Waals surface area contributed by atoms with Gasteiger partial charge in [0.15, 0.2) is 0 Å². The van der Waals surface area contributed by atoms with Crippen molar-refractivity contribution < 1.29 is 4.74 Å². The smallest absolute Gasteiger partial charge is 0.123 e. The zero-order chi connectivity index (χ0) is 16.7. The highest BCUT2D eigenvalue weighted by molar-refractivity contribution is 5.86. The first kappa shape index (κ1) is 20.3. The van der Waals surface area contributed by atoms with Crippen LogP contribution < -0.4 is 5.32 Å². The average Bonchev–Trinajstić information content (AvgIpc) is 2.57. The summed E-state index contributed by atoms with van der Waals surface area (Å²) in [5, 5.41) is 6.10. The van der Waals surface area contributed by atoms with Crippen LogP contribution in [0, 0.1) is 11.8 Å². The molecule has 0 spiro atoms. The third kappa shape index (κ3) is 5.69. The van der Waals surface area contributed by atoms with Gasteiger partial charge < -0.3 is 10.1 Å². The number of hydrogen-bond acceptors (Lipinski definition) is 2. The van der Waals surface area contributed by atoms with Crippen molar-refractivity contribution in [1.29, 1.82) is 0 Å². The lowest BCUT2D eigenvalue weighted by Gasteiger charge is -2.15. The Morgan fingerprint density at radius 2 is 1.88 bits per heavy atom. The van der Waals surface area contributed by atoms with E-state index >= 15 is 0 Å². The Balaban J connectivity index is 0.00000288. The van der Waals surface area contributed by atoms with Gasteiger partial charge in [0, 0.05) is 19.7 Å². The molecule has 0 aliphatic heterocycles. The summed E-state index contributed by atoms with van der Waals surface area (Å²) < 4.78 is 5.26. The number of methoxy groups -OCH3 is 1. The summed E-state index contributed by atoms with van der Waals surface area (Å²) in [5.41, 5.74) is 0.927. The Bertz CT molecular complexity index is 735. The standard InChI is InChI=1S/C21H25NO.ClH/c1-17(22-16-9-5-8-15-21(2,3)23-4)19-14-10-12-18-11-6-7-13-20(18)19;/h5-7,9-14,17,22H,16H2,1-4H3;1H/t17-;/m1./s1. The van der Waals surface area contributed by atoms with Gasteiger partial charge >= 0.3 is 0 Å². The molecule has 2 aromatic rings. The van der Waals surface area contributed by atoms with Crippen LogP contribution in [-0.2, 0) is 4.74 Å². The van der Waals surface area contributed by atoms with Crippen molar-refractivity contribution in [3.05, 3.63) is 60.2 Å². The first-order valence-electron chi connectivity index (χ1n) is 7.97. The maximum atomic E-state index is 5.26. The molecule has 2 nitrogen and oxygen atoms in total. The van der Waals surface area contributed by atoms with E-state index in [-0.39, 0.29) is 18.4 Å². The maximum absolute atomic E-state index is 5.26. The molecule has 0 bridgehead atoms. The van der Waals surface area contributed by atoms with Gasteiger partial charge in [-0.25, -0.2) is 0 Å². The normalized spacial score (nSPS) is 12.5. The van der Waals surface area contributed by atoms with Crippen molar-refractivity contribution in [3.8, 4) is 11.8 Å². The van der Waals surface area contributed by atoms with E-state index in [4.69, 9.17) is 4.74 Å². The minimum Gasteiger partial charge on any atom is -0.366 e. The lowest BCUT2D eigenvalue weighted by molar-refractivity contribution is 0.0742. The summed E-state index contributed by atoms with van der Waals surface area (Å²) in [7, 11) is 1.67. The Labute approximate surface area is 151 Å². The Hall–Kier alpha value is -1.79. The van der Waals surface area contributed by atoms with Gasteiger partial charge in [-0.1, -0.05) is 60.4 Å². The minimum absolute atomic E-state index is 0. The number of fused-ring (bicyclic) bond motifs is 1. The second-order valence-electron chi connectivity index (χ2n) is 6.08. The molecular formula is C21H26ClNO. The molecule has 0 radical (unpaired) electrons. The van der Waals surface area contributed by atoms with Crippen LogP contribution in [0.25, 0.3) is 10.8 Å². The van der Waals surface area contributed by atoms with Crippen molar-refractivity contribution >= 4 is 23.2 Å². The summed E-state index contributed by atoms with van der Waals surface area (Å²) in [6.07, 6.45) is 3.92. The lowest BCUT2D eigenvalue weighted by Crippen LogP contribution is -2.19. The first-order valence-corrected chi connectivity index (χ1v) is 7.97. The zero-order valence-electron chi connectivity index (χ0n) is 14.8. The van der Waals surface area contributed by atoms with Crippen molar-refractivity contribution in [3.63, 3.8) is 0 Å². The van der Waals surface area contributed by atoms with Crippen LogP contribution in [0.15, 0.2) is 54.6 Å². The quantitative estimate of drug-likeness (QED) is 0.780. The number of allylic oxidation sites excluding steroid dienone is 1.